The van der Waals surface area contributed by atoms with Gasteiger partial charge in [0.2, 0.25) is 5.88 Å². The molecule has 0 saturated carbocycles. The van der Waals surface area contributed by atoms with Crippen LogP contribution in [0.15, 0.2) is 88.0 Å². The van der Waals surface area contributed by atoms with E-state index in [1.165, 1.54) is 68.9 Å². The number of aromatic nitrogens is 2. The zero-order valence-corrected chi connectivity index (χ0v) is 20.7. The Hall–Kier alpha value is -5.65. The molecule has 39 heavy (non-hydrogen) atoms. The second-order valence-corrected chi connectivity index (χ2v) is 7.95. The van der Waals surface area contributed by atoms with Crippen molar-refractivity contribution in [2.75, 3.05) is 19.1 Å². The van der Waals surface area contributed by atoms with Gasteiger partial charge in [-0.15, -0.1) is 0 Å². The number of barbiturate groups is 1. The van der Waals surface area contributed by atoms with Crippen molar-refractivity contribution < 1.29 is 29.0 Å². The van der Waals surface area contributed by atoms with E-state index in [4.69, 9.17) is 9.47 Å². The summed E-state index contributed by atoms with van der Waals surface area (Å²) in [6.07, 6.45) is 6.55. The lowest BCUT2D eigenvalue weighted by molar-refractivity contribution is -0.122. The fraction of sp³-hybridized carbons (Fsp3) is 0.0741. The molecule has 0 unspecified atom stereocenters. The second kappa shape index (κ2) is 11.2. The highest BCUT2D eigenvalue weighted by Crippen LogP contribution is 2.23. The number of ether oxygens (including phenoxy) is 2. The minimum Gasteiger partial charge on any atom is -0.497 e. The fourth-order valence-electron chi connectivity index (χ4n) is 3.67. The number of rotatable bonds is 7. The number of amides is 4. The number of imide groups is 2. The number of nitrogens with one attached hydrogen (secondary N) is 2. The molecule has 1 aliphatic rings. The first-order valence-corrected chi connectivity index (χ1v) is 11.4. The molecule has 1 fully saturated rings. The molecule has 3 N–H and O–H groups in total. The lowest BCUT2D eigenvalue weighted by Gasteiger charge is -2.26. The van der Waals surface area contributed by atoms with Gasteiger partial charge in [-0.2, -0.15) is 0 Å². The average Bonchev–Trinajstić information content (AvgIpc) is 2.92. The van der Waals surface area contributed by atoms with Crippen LogP contribution in [0.1, 0.15) is 5.56 Å². The van der Waals surface area contributed by atoms with Gasteiger partial charge in [-0.1, -0.05) is 18.2 Å². The molecule has 12 heteroatoms. The number of carbonyl (C=O) groups is 3. The smallest absolute Gasteiger partial charge is 0.335 e. The van der Waals surface area contributed by atoms with Crippen LogP contribution in [-0.2, 0) is 9.59 Å². The number of anilines is 1. The summed E-state index contributed by atoms with van der Waals surface area (Å²) in [6.45, 7) is 0. The van der Waals surface area contributed by atoms with E-state index in [1.54, 1.807) is 24.3 Å². The van der Waals surface area contributed by atoms with Crippen LogP contribution in [-0.4, -0.2) is 46.7 Å². The maximum Gasteiger partial charge on any atom is 0.335 e. The van der Waals surface area contributed by atoms with Crippen molar-refractivity contribution in [3.63, 3.8) is 0 Å². The van der Waals surface area contributed by atoms with Crippen molar-refractivity contribution in [1.29, 1.82) is 0 Å². The summed E-state index contributed by atoms with van der Waals surface area (Å²) in [5.74, 6) is -1.23. The molecular formula is C27H22N4O8. The molecule has 198 valence electrons. The molecule has 4 amide bonds. The van der Waals surface area contributed by atoms with Crippen LogP contribution in [0.3, 0.4) is 0 Å². The molecule has 0 radical (unpaired) electrons. The Balaban J connectivity index is 1.57. The van der Waals surface area contributed by atoms with E-state index in [1.807, 2.05) is 0 Å². The number of methoxy groups -OCH3 is 2. The molecule has 2 aromatic carbocycles. The molecule has 12 nitrogen and oxygen atoms in total. The number of H-pyrrole nitrogens is 1. The number of urea groups is 1. The van der Waals surface area contributed by atoms with Gasteiger partial charge in [-0.25, -0.2) is 19.1 Å². The SMILES string of the molecule is COc1ccc(N2C(=O)NC(=O)/C(=C/C=C/C=C/c3c(O)n(-c4ccc(OC)cc4)c(=O)[nH]c3=O)C2=O)cc1. The van der Waals surface area contributed by atoms with Crippen molar-refractivity contribution in [1.82, 2.24) is 14.9 Å². The molecular weight excluding hydrogens is 508 g/mol. The highest BCUT2D eigenvalue weighted by atomic mass is 16.5. The topological polar surface area (TPSA) is 160 Å². The monoisotopic (exact) mass is 530 g/mol. The average molecular weight is 530 g/mol. The van der Waals surface area contributed by atoms with E-state index in [9.17, 15) is 29.1 Å². The summed E-state index contributed by atoms with van der Waals surface area (Å²) in [5.41, 5.74) is -1.63. The van der Waals surface area contributed by atoms with Crippen molar-refractivity contribution in [2.24, 2.45) is 0 Å². The third kappa shape index (κ3) is 5.39. The number of aromatic amines is 1. The van der Waals surface area contributed by atoms with E-state index in [0.717, 1.165) is 9.47 Å². The molecule has 1 saturated heterocycles. The van der Waals surface area contributed by atoms with Gasteiger partial charge in [0.15, 0.2) is 0 Å². The molecule has 4 rings (SSSR count). The number of benzene rings is 2. The Morgan fingerprint density at radius 1 is 0.795 bits per heavy atom. The molecule has 1 aromatic heterocycles. The number of hydrogen-bond acceptors (Lipinski definition) is 8. The van der Waals surface area contributed by atoms with Crippen LogP contribution < -0.4 is 30.9 Å². The van der Waals surface area contributed by atoms with Crippen LogP contribution in [0.2, 0.25) is 0 Å². The van der Waals surface area contributed by atoms with Gasteiger partial charge in [-0.3, -0.25) is 24.7 Å². The number of nitrogens with zero attached hydrogens (tertiary/aromatic N) is 2. The third-order valence-electron chi connectivity index (χ3n) is 5.63. The highest BCUT2D eigenvalue weighted by Gasteiger charge is 2.36. The Kier molecular flexibility index (Phi) is 7.57. The number of aromatic hydroxyl groups is 1. The van der Waals surface area contributed by atoms with Crippen molar-refractivity contribution in [3.8, 4) is 23.1 Å². The zero-order valence-electron chi connectivity index (χ0n) is 20.7. The summed E-state index contributed by atoms with van der Waals surface area (Å²) in [4.78, 5) is 65.1. The molecule has 1 aliphatic heterocycles. The number of carbonyl (C=O) groups excluding carboxylic acids is 3. The van der Waals surface area contributed by atoms with Gasteiger partial charge in [0.1, 0.15) is 22.6 Å². The normalized spacial score (nSPS) is 14.9. The van der Waals surface area contributed by atoms with E-state index in [-0.39, 0.29) is 16.8 Å². The lowest BCUT2D eigenvalue weighted by Crippen LogP contribution is -2.54. The van der Waals surface area contributed by atoms with E-state index >= 15 is 0 Å². The third-order valence-corrected chi connectivity index (χ3v) is 5.63. The van der Waals surface area contributed by atoms with Crippen LogP contribution in [0.4, 0.5) is 10.5 Å². The maximum atomic E-state index is 12.9. The van der Waals surface area contributed by atoms with Gasteiger partial charge in [0.25, 0.3) is 17.4 Å². The van der Waals surface area contributed by atoms with Crippen LogP contribution in [0, 0.1) is 0 Å². The molecule has 3 aromatic rings. The highest BCUT2D eigenvalue weighted by molar-refractivity contribution is 6.37. The predicted octanol–water partition coefficient (Wildman–Crippen LogP) is 2.03. The van der Waals surface area contributed by atoms with Gasteiger partial charge in [-0.05, 0) is 60.7 Å². The second-order valence-electron chi connectivity index (χ2n) is 7.95. The first kappa shape index (κ1) is 26.4. The summed E-state index contributed by atoms with van der Waals surface area (Å²) in [6, 6.07) is 11.5. The minimum atomic E-state index is -0.891. The molecule has 0 aliphatic carbocycles. The number of hydrogen-bond donors (Lipinski definition) is 3. The standard InChI is InChI=1S/C27H22N4O8/c1-38-18-12-8-16(9-13-18)30-24(34)20(22(32)28-26(30)36)6-4-3-5-7-21-23(33)29-27(37)31(25(21)35)17-10-14-19(39-2)15-11-17/h3-15,34H,1-2H3,(H,28,32,36)(H,29,33,37)/b5-3+,6-4+,21-7-. The van der Waals surface area contributed by atoms with Crippen molar-refractivity contribution in [2.45, 2.75) is 0 Å². The molecule has 0 spiro atoms. The van der Waals surface area contributed by atoms with Crippen LogP contribution in [0.25, 0.3) is 11.8 Å². The van der Waals surface area contributed by atoms with E-state index < -0.39 is 35.0 Å². The lowest BCUT2D eigenvalue weighted by atomic mass is 10.1. The summed E-state index contributed by atoms with van der Waals surface area (Å²) >= 11 is 0. The van der Waals surface area contributed by atoms with Gasteiger partial charge in [0.05, 0.1) is 25.6 Å². The van der Waals surface area contributed by atoms with Crippen LogP contribution >= 0.6 is 0 Å². The fourth-order valence-corrected chi connectivity index (χ4v) is 3.67. The van der Waals surface area contributed by atoms with Crippen molar-refractivity contribution in [3.05, 3.63) is 105 Å². The maximum absolute atomic E-state index is 12.9. The Morgan fingerprint density at radius 3 is 1.97 bits per heavy atom. The largest absolute Gasteiger partial charge is 0.497 e. The van der Waals surface area contributed by atoms with Crippen molar-refractivity contribution >= 4 is 29.6 Å². The summed E-state index contributed by atoms with van der Waals surface area (Å²) < 4.78 is 11.1. The quantitative estimate of drug-likeness (QED) is 0.238. The van der Waals surface area contributed by atoms with Crippen LogP contribution in [0.5, 0.6) is 17.4 Å². The molecule has 0 bridgehead atoms. The Morgan fingerprint density at radius 2 is 1.38 bits per heavy atom. The Labute approximate surface area is 220 Å². The molecule has 0 atom stereocenters. The first-order chi connectivity index (χ1) is 18.7. The van der Waals surface area contributed by atoms with Gasteiger partial charge < -0.3 is 14.6 Å². The van der Waals surface area contributed by atoms with Gasteiger partial charge in [0, 0.05) is 0 Å². The first-order valence-electron chi connectivity index (χ1n) is 11.4. The minimum absolute atomic E-state index is 0.203. The molecule has 2 heterocycles. The summed E-state index contributed by atoms with van der Waals surface area (Å²) in [7, 11) is 2.96. The Bertz CT molecular complexity index is 1640. The summed E-state index contributed by atoms with van der Waals surface area (Å²) in [5, 5.41) is 12.7. The van der Waals surface area contributed by atoms with Gasteiger partial charge >= 0.3 is 11.7 Å². The zero-order chi connectivity index (χ0) is 28.1. The van der Waals surface area contributed by atoms with E-state index in [2.05, 4.69) is 10.3 Å². The predicted molar refractivity (Wildman–Crippen MR) is 141 cm³/mol. The number of allylic oxidation sites excluding steroid dienone is 4. The van der Waals surface area contributed by atoms with E-state index in [0.29, 0.717) is 17.2 Å².